The first kappa shape index (κ1) is 25.7. The van der Waals surface area contributed by atoms with Crippen LogP contribution in [0.1, 0.15) is 28.0 Å². The molecule has 0 saturated carbocycles. The molecule has 2 saturated heterocycles. The molecule has 9 heteroatoms. The van der Waals surface area contributed by atoms with E-state index in [2.05, 4.69) is 15.5 Å². The molecule has 0 spiro atoms. The average Bonchev–Trinajstić information content (AvgIpc) is 3.53. The zero-order chi connectivity index (χ0) is 21.9. The number of nitrogens with one attached hydrogen (secondary N) is 2. The van der Waals surface area contributed by atoms with Crippen molar-refractivity contribution in [3.05, 3.63) is 65.4 Å². The molecule has 0 radical (unpaired) electrons. The molecule has 0 bridgehead atoms. The second-order valence-electron chi connectivity index (χ2n) is 8.42. The number of carbonyl (C=O) groups is 2. The van der Waals surface area contributed by atoms with Crippen LogP contribution >= 0.6 is 24.8 Å². The van der Waals surface area contributed by atoms with E-state index in [1.54, 1.807) is 0 Å². The number of piperazine rings is 1. The summed E-state index contributed by atoms with van der Waals surface area (Å²) >= 11 is 0. The molecule has 2 aliphatic rings. The van der Waals surface area contributed by atoms with Gasteiger partial charge in [-0.05, 0) is 42.8 Å². The van der Waals surface area contributed by atoms with Gasteiger partial charge < -0.3 is 15.1 Å². The average molecular weight is 502 g/mol. The molecule has 3 heterocycles. The number of hydrogen-bond donors (Lipinski definition) is 2. The topological polar surface area (TPSA) is 81.3 Å². The molecule has 2 fully saturated rings. The minimum atomic E-state index is 0. The predicted octanol–water partition coefficient (Wildman–Crippen LogP) is 3.47. The highest BCUT2D eigenvalue weighted by molar-refractivity contribution is 5.95. The molecule has 180 valence electrons. The van der Waals surface area contributed by atoms with Gasteiger partial charge in [0.2, 0.25) is 5.91 Å². The standard InChI is InChI=1S/C25H27N5O2.2ClH/c31-24(29-13-15-30(16-14-29)25(32)20-11-12-26-17-20)19-8-5-18(6-9-19)7-10-23-21-3-1-2-4-22(21)27-28-23;;/h1-10,20,26H,11-17H2,(H,27,28);2*1H/b10-7+;;/t20-;;/m0../s1. The number of aromatic nitrogens is 2. The molecule has 2 N–H and O–H groups in total. The number of nitrogens with zero attached hydrogens (tertiary/aromatic N) is 3. The third kappa shape index (κ3) is 5.43. The van der Waals surface area contributed by atoms with Crippen LogP contribution in [0.2, 0.25) is 0 Å². The van der Waals surface area contributed by atoms with E-state index < -0.39 is 0 Å². The molecule has 2 amide bonds. The van der Waals surface area contributed by atoms with Crippen molar-refractivity contribution in [1.82, 2.24) is 25.3 Å². The fraction of sp³-hybridized carbons (Fsp3) is 0.320. The quantitative estimate of drug-likeness (QED) is 0.573. The minimum Gasteiger partial charge on any atom is -0.339 e. The summed E-state index contributed by atoms with van der Waals surface area (Å²) in [6, 6.07) is 15.7. The van der Waals surface area contributed by atoms with Gasteiger partial charge in [0.05, 0.1) is 17.1 Å². The van der Waals surface area contributed by atoms with E-state index >= 15 is 0 Å². The van der Waals surface area contributed by atoms with Crippen LogP contribution in [-0.2, 0) is 4.79 Å². The van der Waals surface area contributed by atoms with Crippen molar-refractivity contribution in [3.8, 4) is 0 Å². The molecule has 1 atom stereocenters. The van der Waals surface area contributed by atoms with Crippen molar-refractivity contribution in [1.29, 1.82) is 0 Å². The smallest absolute Gasteiger partial charge is 0.253 e. The van der Waals surface area contributed by atoms with Gasteiger partial charge in [-0.2, -0.15) is 5.10 Å². The van der Waals surface area contributed by atoms with Crippen molar-refractivity contribution in [2.75, 3.05) is 39.3 Å². The van der Waals surface area contributed by atoms with Crippen LogP contribution in [0.4, 0.5) is 0 Å². The molecule has 2 aliphatic heterocycles. The molecule has 34 heavy (non-hydrogen) atoms. The molecular weight excluding hydrogens is 473 g/mol. The SMILES string of the molecule is Cl.Cl.O=C(c1ccc(/C=C/c2n[nH]c3ccccc23)cc1)N1CCN(C(=O)[C@H]2CCNC2)CC1. The Morgan fingerprint density at radius 3 is 2.32 bits per heavy atom. The van der Waals surface area contributed by atoms with E-state index in [0.29, 0.717) is 31.7 Å². The number of amides is 2. The number of benzene rings is 2. The number of para-hydroxylation sites is 1. The molecular formula is C25H29Cl2N5O2. The maximum atomic E-state index is 12.9. The Bertz CT molecular complexity index is 1150. The van der Waals surface area contributed by atoms with Gasteiger partial charge in [0.1, 0.15) is 0 Å². The van der Waals surface area contributed by atoms with E-state index in [0.717, 1.165) is 41.7 Å². The lowest BCUT2D eigenvalue weighted by molar-refractivity contribution is -0.136. The van der Waals surface area contributed by atoms with Crippen molar-refractivity contribution in [2.24, 2.45) is 5.92 Å². The molecule has 7 nitrogen and oxygen atoms in total. The number of carbonyl (C=O) groups excluding carboxylic acids is 2. The summed E-state index contributed by atoms with van der Waals surface area (Å²) in [5.41, 5.74) is 3.58. The van der Waals surface area contributed by atoms with Gasteiger partial charge in [-0.25, -0.2) is 0 Å². The van der Waals surface area contributed by atoms with E-state index in [4.69, 9.17) is 0 Å². The lowest BCUT2D eigenvalue weighted by atomic mass is 10.1. The third-order valence-electron chi connectivity index (χ3n) is 6.38. The van der Waals surface area contributed by atoms with Crippen molar-refractivity contribution in [3.63, 3.8) is 0 Å². The van der Waals surface area contributed by atoms with Gasteiger partial charge in [0.25, 0.3) is 5.91 Å². The molecule has 5 rings (SSSR count). The normalized spacial score (nSPS) is 18.1. The maximum Gasteiger partial charge on any atom is 0.253 e. The number of H-pyrrole nitrogens is 1. The zero-order valence-electron chi connectivity index (χ0n) is 18.8. The fourth-order valence-electron chi connectivity index (χ4n) is 4.46. The number of fused-ring (bicyclic) bond motifs is 1. The highest BCUT2D eigenvalue weighted by Crippen LogP contribution is 2.19. The van der Waals surface area contributed by atoms with Gasteiger partial charge in [-0.1, -0.05) is 36.4 Å². The maximum absolute atomic E-state index is 12.9. The summed E-state index contributed by atoms with van der Waals surface area (Å²) in [7, 11) is 0. The van der Waals surface area contributed by atoms with Gasteiger partial charge in [0, 0.05) is 43.7 Å². The fourth-order valence-corrected chi connectivity index (χ4v) is 4.46. The van der Waals surface area contributed by atoms with Gasteiger partial charge >= 0.3 is 0 Å². The highest BCUT2D eigenvalue weighted by Gasteiger charge is 2.30. The monoisotopic (exact) mass is 501 g/mol. The van der Waals surface area contributed by atoms with Crippen molar-refractivity contribution >= 4 is 59.7 Å². The largest absolute Gasteiger partial charge is 0.339 e. The van der Waals surface area contributed by atoms with Crippen molar-refractivity contribution < 1.29 is 9.59 Å². The second kappa shape index (κ2) is 11.5. The lowest BCUT2D eigenvalue weighted by Gasteiger charge is -2.36. The summed E-state index contributed by atoms with van der Waals surface area (Å²) in [5, 5.41) is 11.7. The Morgan fingerprint density at radius 1 is 0.912 bits per heavy atom. The minimum absolute atomic E-state index is 0. The highest BCUT2D eigenvalue weighted by atomic mass is 35.5. The van der Waals surface area contributed by atoms with Gasteiger partial charge in [0.15, 0.2) is 0 Å². The Balaban J connectivity index is 0.00000162. The van der Waals surface area contributed by atoms with Crippen LogP contribution in [0.5, 0.6) is 0 Å². The third-order valence-corrected chi connectivity index (χ3v) is 6.38. The van der Waals surface area contributed by atoms with E-state index in [1.165, 1.54) is 0 Å². The molecule has 3 aromatic rings. The van der Waals surface area contributed by atoms with E-state index in [-0.39, 0.29) is 42.5 Å². The van der Waals surface area contributed by atoms with Gasteiger partial charge in [-0.3, -0.25) is 14.7 Å². The zero-order valence-corrected chi connectivity index (χ0v) is 20.4. The summed E-state index contributed by atoms with van der Waals surface area (Å²) < 4.78 is 0. The number of aromatic amines is 1. The molecule has 0 unspecified atom stereocenters. The molecule has 0 aliphatic carbocycles. The predicted molar refractivity (Wildman–Crippen MR) is 139 cm³/mol. The summed E-state index contributed by atoms with van der Waals surface area (Å²) in [6.45, 7) is 4.07. The van der Waals surface area contributed by atoms with Crippen LogP contribution in [0, 0.1) is 5.92 Å². The lowest BCUT2D eigenvalue weighted by Crippen LogP contribution is -2.52. The van der Waals surface area contributed by atoms with E-state index in [9.17, 15) is 9.59 Å². The summed E-state index contributed by atoms with van der Waals surface area (Å²) in [4.78, 5) is 29.2. The van der Waals surface area contributed by atoms with Crippen LogP contribution in [0.25, 0.3) is 23.1 Å². The van der Waals surface area contributed by atoms with Crippen LogP contribution < -0.4 is 5.32 Å². The van der Waals surface area contributed by atoms with Crippen LogP contribution in [-0.4, -0.2) is 71.1 Å². The van der Waals surface area contributed by atoms with Crippen LogP contribution in [0.3, 0.4) is 0 Å². The first-order valence-electron chi connectivity index (χ1n) is 11.2. The Labute approximate surface area is 211 Å². The Hall–Kier alpha value is -2.87. The number of hydrogen-bond acceptors (Lipinski definition) is 4. The number of halogens is 2. The van der Waals surface area contributed by atoms with Gasteiger partial charge in [-0.15, -0.1) is 24.8 Å². The summed E-state index contributed by atoms with van der Waals surface area (Å²) in [6.07, 6.45) is 4.89. The first-order valence-corrected chi connectivity index (χ1v) is 11.2. The van der Waals surface area contributed by atoms with E-state index in [1.807, 2.05) is 70.5 Å². The summed E-state index contributed by atoms with van der Waals surface area (Å²) in [5.74, 6) is 0.341. The Morgan fingerprint density at radius 2 is 1.62 bits per heavy atom. The second-order valence-corrected chi connectivity index (χ2v) is 8.42. The first-order chi connectivity index (χ1) is 15.7. The Kier molecular flexibility index (Phi) is 8.72. The van der Waals surface area contributed by atoms with Crippen LogP contribution in [0.15, 0.2) is 48.5 Å². The molecule has 1 aromatic heterocycles. The number of rotatable bonds is 4. The van der Waals surface area contributed by atoms with Crippen molar-refractivity contribution in [2.45, 2.75) is 6.42 Å². The molecule has 2 aromatic carbocycles.